The lowest BCUT2D eigenvalue weighted by Gasteiger charge is -2.18. The standard InChI is InChI=1S/C12H13Cl3N2O2S/c1-5-2-3-6-7(4-5)20-10(8(6)9(16)18)17-11(19)12(13,14)15/h5H,2-4H2,1H3,(H2,16,18)(H,17,19)/t5-/m0/s1. The van der Waals surface area contributed by atoms with E-state index in [9.17, 15) is 9.59 Å². The molecule has 20 heavy (non-hydrogen) atoms. The predicted molar refractivity (Wildman–Crippen MR) is 82.9 cm³/mol. The molecule has 8 heteroatoms. The lowest BCUT2D eigenvalue weighted by Crippen LogP contribution is -2.28. The third-order valence-electron chi connectivity index (χ3n) is 3.24. The third kappa shape index (κ3) is 3.22. The molecule has 0 saturated carbocycles. The molecule has 0 radical (unpaired) electrons. The number of hydrogen-bond donors (Lipinski definition) is 2. The molecule has 0 aromatic carbocycles. The van der Waals surface area contributed by atoms with Gasteiger partial charge in [-0.2, -0.15) is 0 Å². The normalized spacial score (nSPS) is 18.5. The number of rotatable bonds is 2. The molecule has 3 N–H and O–H groups in total. The lowest BCUT2D eigenvalue weighted by atomic mass is 9.88. The minimum Gasteiger partial charge on any atom is -0.365 e. The number of nitrogens with one attached hydrogen (secondary N) is 1. The molecule has 0 saturated heterocycles. The minimum atomic E-state index is -2.08. The summed E-state index contributed by atoms with van der Waals surface area (Å²) in [7, 11) is 0. The fourth-order valence-electron chi connectivity index (χ4n) is 2.27. The molecule has 1 heterocycles. The van der Waals surface area contributed by atoms with Crippen LogP contribution in [0.4, 0.5) is 5.00 Å². The van der Waals surface area contributed by atoms with Crippen LogP contribution in [0.2, 0.25) is 0 Å². The summed E-state index contributed by atoms with van der Waals surface area (Å²) in [6.07, 6.45) is 2.63. The van der Waals surface area contributed by atoms with Gasteiger partial charge >= 0.3 is 0 Å². The van der Waals surface area contributed by atoms with Gasteiger partial charge < -0.3 is 11.1 Å². The highest BCUT2D eigenvalue weighted by Crippen LogP contribution is 2.40. The first kappa shape index (κ1) is 15.9. The molecule has 0 spiro atoms. The first-order chi connectivity index (χ1) is 9.20. The Kier molecular flexibility index (Phi) is 4.54. The van der Waals surface area contributed by atoms with Gasteiger partial charge in [0.15, 0.2) is 0 Å². The number of nitrogens with two attached hydrogens (primary N) is 1. The van der Waals surface area contributed by atoms with E-state index in [1.54, 1.807) is 0 Å². The summed E-state index contributed by atoms with van der Waals surface area (Å²) in [4.78, 5) is 24.4. The number of halogens is 3. The van der Waals surface area contributed by atoms with E-state index in [1.807, 2.05) is 0 Å². The Morgan fingerprint density at radius 3 is 2.60 bits per heavy atom. The van der Waals surface area contributed by atoms with Gasteiger partial charge in [-0.05, 0) is 30.7 Å². The highest BCUT2D eigenvalue weighted by molar-refractivity contribution is 7.17. The number of thiophene rings is 1. The number of alkyl halides is 3. The van der Waals surface area contributed by atoms with Crippen LogP contribution in [0.5, 0.6) is 0 Å². The molecular weight excluding hydrogens is 343 g/mol. The maximum absolute atomic E-state index is 11.7. The van der Waals surface area contributed by atoms with Crippen LogP contribution in [0.3, 0.4) is 0 Å². The number of primary amides is 1. The average molecular weight is 356 g/mol. The van der Waals surface area contributed by atoms with Gasteiger partial charge in [-0.1, -0.05) is 41.7 Å². The summed E-state index contributed by atoms with van der Waals surface area (Å²) in [6.45, 7) is 2.15. The second kappa shape index (κ2) is 5.72. The van der Waals surface area contributed by atoms with E-state index in [0.29, 0.717) is 16.5 Å². The minimum absolute atomic E-state index is 0.347. The van der Waals surface area contributed by atoms with Crippen molar-refractivity contribution in [1.29, 1.82) is 0 Å². The van der Waals surface area contributed by atoms with Crippen LogP contribution >= 0.6 is 46.1 Å². The van der Waals surface area contributed by atoms with Gasteiger partial charge in [0.1, 0.15) is 5.00 Å². The Morgan fingerprint density at radius 1 is 1.40 bits per heavy atom. The smallest absolute Gasteiger partial charge is 0.277 e. The van der Waals surface area contributed by atoms with Crippen molar-refractivity contribution in [2.75, 3.05) is 5.32 Å². The van der Waals surface area contributed by atoms with Crippen LogP contribution in [0.15, 0.2) is 0 Å². The van der Waals surface area contributed by atoms with E-state index in [4.69, 9.17) is 40.5 Å². The predicted octanol–water partition coefficient (Wildman–Crippen LogP) is 3.28. The summed E-state index contributed by atoms with van der Waals surface area (Å²) in [6, 6.07) is 0. The van der Waals surface area contributed by atoms with Crippen LogP contribution in [0, 0.1) is 5.92 Å². The third-order valence-corrected chi connectivity index (χ3v) is 4.93. The van der Waals surface area contributed by atoms with Crippen molar-refractivity contribution in [3.63, 3.8) is 0 Å². The molecule has 0 unspecified atom stereocenters. The van der Waals surface area contributed by atoms with Gasteiger partial charge in [0, 0.05) is 4.88 Å². The Labute approximate surface area is 135 Å². The quantitative estimate of drug-likeness (QED) is 0.799. The Hall–Kier alpha value is -0.490. The number of anilines is 1. The van der Waals surface area contributed by atoms with Gasteiger partial charge in [-0.25, -0.2) is 0 Å². The van der Waals surface area contributed by atoms with E-state index in [0.717, 1.165) is 29.7 Å². The van der Waals surface area contributed by atoms with Crippen molar-refractivity contribution in [3.8, 4) is 0 Å². The largest absolute Gasteiger partial charge is 0.365 e. The molecule has 4 nitrogen and oxygen atoms in total. The second-order valence-electron chi connectivity index (χ2n) is 4.87. The molecule has 0 bridgehead atoms. The summed E-state index contributed by atoms with van der Waals surface area (Å²) < 4.78 is -2.08. The summed E-state index contributed by atoms with van der Waals surface area (Å²) in [5.74, 6) is -0.827. The molecule has 2 rings (SSSR count). The molecular formula is C12H13Cl3N2O2S. The first-order valence-electron chi connectivity index (χ1n) is 6.02. The van der Waals surface area contributed by atoms with Crippen LogP contribution in [-0.4, -0.2) is 15.6 Å². The molecule has 1 aromatic rings. The Balaban J connectivity index is 2.38. The van der Waals surface area contributed by atoms with E-state index in [1.165, 1.54) is 11.3 Å². The maximum atomic E-state index is 11.7. The highest BCUT2D eigenvalue weighted by Gasteiger charge is 2.33. The monoisotopic (exact) mass is 354 g/mol. The van der Waals surface area contributed by atoms with Crippen molar-refractivity contribution in [2.45, 2.75) is 30.0 Å². The van der Waals surface area contributed by atoms with Crippen LogP contribution < -0.4 is 11.1 Å². The number of fused-ring (bicyclic) bond motifs is 1. The van der Waals surface area contributed by atoms with Crippen molar-refractivity contribution in [1.82, 2.24) is 0 Å². The molecule has 2 amide bonds. The van der Waals surface area contributed by atoms with Crippen molar-refractivity contribution in [2.24, 2.45) is 11.7 Å². The van der Waals surface area contributed by atoms with E-state index >= 15 is 0 Å². The van der Waals surface area contributed by atoms with E-state index in [-0.39, 0.29) is 0 Å². The molecule has 1 aliphatic rings. The zero-order valence-electron chi connectivity index (χ0n) is 10.6. The topological polar surface area (TPSA) is 72.2 Å². The number of carbonyl (C=O) groups excluding carboxylic acids is 2. The molecule has 110 valence electrons. The van der Waals surface area contributed by atoms with Crippen LogP contribution in [-0.2, 0) is 17.6 Å². The molecule has 1 aromatic heterocycles. The Bertz CT molecular complexity index is 566. The molecule has 1 atom stereocenters. The number of amides is 2. The molecule has 0 aliphatic heterocycles. The SMILES string of the molecule is C[C@H]1CCc2c(sc(NC(=O)C(Cl)(Cl)Cl)c2C(N)=O)C1. The zero-order valence-corrected chi connectivity index (χ0v) is 13.7. The first-order valence-corrected chi connectivity index (χ1v) is 7.97. The average Bonchev–Trinajstić information content (AvgIpc) is 2.64. The second-order valence-corrected chi connectivity index (χ2v) is 8.26. The Morgan fingerprint density at radius 2 is 2.05 bits per heavy atom. The highest BCUT2D eigenvalue weighted by atomic mass is 35.6. The van der Waals surface area contributed by atoms with E-state index in [2.05, 4.69) is 12.2 Å². The zero-order chi connectivity index (χ0) is 15.1. The maximum Gasteiger partial charge on any atom is 0.277 e. The number of hydrogen-bond acceptors (Lipinski definition) is 3. The van der Waals surface area contributed by atoms with Gasteiger partial charge in [-0.3, -0.25) is 9.59 Å². The van der Waals surface area contributed by atoms with Crippen LogP contribution in [0.1, 0.15) is 34.1 Å². The summed E-state index contributed by atoms with van der Waals surface area (Å²) in [5.41, 5.74) is 6.68. The van der Waals surface area contributed by atoms with Gasteiger partial charge in [-0.15, -0.1) is 11.3 Å². The summed E-state index contributed by atoms with van der Waals surface area (Å²) >= 11 is 17.9. The van der Waals surface area contributed by atoms with Gasteiger partial charge in [0.05, 0.1) is 5.56 Å². The van der Waals surface area contributed by atoms with Crippen molar-refractivity contribution in [3.05, 3.63) is 16.0 Å². The van der Waals surface area contributed by atoms with E-state index < -0.39 is 15.6 Å². The van der Waals surface area contributed by atoms with Gasteiger partial charge in [0.2, 0.25) is 0 Å². The lowest BCUT2D eigenvalue weighted by molar-refractivity contribution is -0.115. The fourth-order valence-corrected chi connectivity index (χ4v) is 3.83. The molecule has 1 aliphatic carbocycles. The fraction of sp³-hybridized carbons (Fsp3) is 0.500. The summed E-state index contributed by atoms with van der Waals surface area (Å²) in [5, 5.41) is 2.86. The van der Waals surface area contributed by atoms with Crippen molar-refractivity contribution < 1.29 is 9.59 Å². The van der Waals surface area contributed by atoms with Crippen molar-refractivity contribution >= 4 is 63.0 Å². The number of carbonyl (C=O) groups is 2. The van der Waals surface area contributed by atoms with Crippen LogP contribution in [0.25, 0.3) is 0 Å². The molecule has 0 fully saturated rings. The van der Waals surface area contributed by atoms with Gasteiger partial charge in [0.25, 0.3) is 15.6 Å².